The summed E-state index contributed by atoms with van der Waals surface area (Å²) in [5.41, 5.74) is 2.62. The number of aliphatic carboxylic acids is 1. The van der Waals surface area contributed by atoms with Crippen molar-refractivity contribution >= 4 is 5.97 Å². The second-order valence-corrected chi connectivity index (χ2v) is 5.97. The highest BCUT2D eigenvalue weighted by molar-refractivity contribution is 5.73. The highest BCUT2D eigenvalue weighted by atomic mass is 16.4. The van der Waals surface area contributed by atoms with E-state index in [1.165, 1.54) is 11.1 Å². The Balaban J connectivity index is 1.85. The van der Waals surface area contributed by atoms with Crippen LogP contribution in [0.15, 0.2) is 24.3 Å². The molecule has 1 unspecified atom stereocenters. The Morgan fingerprint density at radius 1 is 1.33 bits per heavy atom. The molecule has 1 atom stereocenters. The largest absolute Gasteiger partial charge is 0.480 e. The van der Waals surface area contributed by atoms with Crippen LogP contribution in [0.3, 0.4) is 0 Å². The molecule has 1 aromatic rings. The molecule has 1 heterocycles. The molecule has 116 valence electrons. The average Bonchev–Trinajstić information content (AvgIpc) is 2.48. The number of hydrogen-bond acceptors (Lipinski definition) is 3. The van der Waals surface area contributed by atoms with Crippen LogP contribution in [-0.2, 0) is 11.3 Å². The summed E-state index contributed by atoms with van der Waals surface area (Å²) in [6.07, 6.45) is 1.91. The number of nitrogens with one attached hydrogen (secondary N) is 1. The van der Waals surface area contributed by atoms with E-state index in [4.69, 9.17) is 0 Å². The normalized spacial score (nSPS) is 18.6. The number of carboxylic acids is 1. The van der Waals surface area contributed by atoms with E-state index in [0.717, 1.165) is 32.5 Å². The molecule has 0 aliphatic carbocycles. The lowest BCUT2D eigenvalue weighted by molar-refractivity contribution is -0.141. The minimum absolute atomic E-state index is 0.247. The van der Waals surface area contributed by atoms with E-state index in [2.05, 4.69) is 41.4 Å². The summed E-state index contributed by atoms with van der Waals surface area (Å²) in [5, 5.41) is 12.4. The molecule has 0 spiro atoms. The van der Waals surface area contributed by atoms with Crippen LogP contribution >= 0.6 is 0 Å². The zero-order valence-electron chi connectivity index (χ0n) is 13.0. The van der Waals surface area contributed by atoms with Gasteiger partial charge in [0.2, 0.25) is 0 Å². The first-order valence-electron chi connectivity index (χ1n) is 7.84. The van der Waals surface area contributed by atoms with E-state index in [1.54, 1.807) is 0 Å². The van der Waals surface area contributed by atoms with Crippen molar-refractivity contribution in [2.75, 3.05) is 19.6 Å². The standard InChI is InChI=1S/C17H26N2O2/c1-3-18-16(17(20)21)15-8-10-19(11-9-15)12-14-6-4-13(2)5-7-14/h4-7,15-16,18H,3,8-12H2,1-2H3,(H,20,21). The fourth-order valence-corrected chi connectivity index (χ4v) is 3.07. The fraction of sp³-hybridized carbons (Fsp3) is 0.588. The first-order chi connectivity index (χ1) is 10.1. The number of benzene rings is 1. The van der Waals surface area contributed by atoms with E-state index in [-0.39, 0.29) is 5.92 Å². The smallest absolute Gasteiger partial charge is 0.320 e. The molecule has 1 saturated heterocycles. The van der Waals surface area contributed by atoms with Crippen LogP contribution in [0.5, 0.6) is 0 Å². The SMILES string of the molecule is CCNC(C(=O)O)C1CCN(Cc2ccc(C)cc2)CC1. The summed E-state index contributed by atoms with van der Waals surface area (Å²) < 4.78 is 0. The average molecular weight is 290 g/mol. The Kier molecular flexibility index (Phi) is 5.76. The Morgan fingerprint density at radius 3 is 2.48 bits per heavy atom. The van der Waals surface area contributed by atoms with Crippen molar-refractivity contribution in [3.8, 4) is 0 Å². The maximum atomic E-state index is 11.3. The Morgan fingerprint density at radius 2 is 1.95 bits per heavy atom. The van der Waals surface area contributed by atoms with Gasteiger partial charge in [-0.15, -0.1) is 0 Å². The van der Waals surface area contributed by atoms with E-state index in [9.17, 15) is 9.90 Å². The first-order valence-corrected chi connectivity index (χ1v) is 7.84. The minimum Gasteiger partial charge on any atom is -0.480 e. The number of nitrogens with zero attached hydrogens (tertiary/aromatic N) is 1. The number of hydrogen-bond donors (Lipinski definition) is 2. The van der Waals surface area contributed by atoms with E-state index < -0.39 is 12.0 Å². The quantitative estimate of drug-likeness (QED) is 0.844. The highest BCUT2D eigenvalue weighted by Gasteiger charge is 2.30. The van der Waals surface area contributed by atoms with Gasteiger partial charge in [0.05, 0.1) is 0 Å². The fourth-order valence-electron chi connectivity index (χ4n) is 3.07. The Hall–Kier alpha value is -1.39. The molecule has 0 amide bonds. The molecule has 1 aliphatic heterocycles. The van der Waals surface area contributed by atoms with Gasteiger partial charge >= 0.3 is 5.97 Å². The third-order valence-electron chi connectivity index (χ3n) is 4.32. The molecule has 1 fully saturated rings. The molecule has 1 aromatic carbocycles. The molecule has 0 bridgehead atoms. The summed E-state index contributed by atoms with van der Waals surface area (Å²) in [5.74, 6) is -0.467. The predicted octanol–water partition coefficient (Wildman–Crippen LogP) is 2.27. The van der Waals surface area contributed by atoms with Crippen molar-refractivity contribution in [3.05, 3.63) is 35.4 Å². The molecular weight excluding hydrogens is 264 g/mol. The van der Waals surface area contributed by atoms with Gasteiger partial charge in [-0.3, -0.25) is 9.69 Å². The number of rotatable bonds is 6. The lowest BCUT2D eigenvalue weighted by Gasteiger charge is -2.34. The summed E-state index contributed by atoms with van der Waals surface area (Å²) in [6, 6.07) is 8.26. The van der Waals surface area contributed by atoms with Gasteiger partial charge in [-0.25, -0.2) is 0 Å². The van der Waals surface area contributed by atoms with Crippen LogP contribution in [0.2, 0.25) is 0 Å². The minimum atomic E-state index is -0.714. The van der Waals surface area contributed by atoms with Gasteiger partial charge in [0, 0.05) is 6.54 Å². The van der Waals surface area contributed by atoms with Crippen LogP contribution < -0.4 is 5.32 Å². The maximum absolute atomic E-state index is 11.3. The number of carbonyl (C=O) groups is 1. The van der Waals surface area contributed by atoms with Gasteiger partial charge in [0.1, 0.15) is 6.04 Å². The molecule has 0 aromatic heterocycles. The van der Waals surface area contributed by atoms with Gasteiger partial charge in [-0.1, -0.05) is 36.8 Å². The lowest BCUT2D eigenvalue weighted by atomic mass is 9.89. The van der Waals surface area contributed by atoms with Crippen molar-refractivity contribution < 1.29 is 9.90 Å². The molecule has 0 radical (unpaired) electrons. The molecular formula is C17H26N2O2. The van der Waals surface area contributed by atoms with Crippen molar-refractivity contribution in [2.45, 2.75) is 39.3 Å². The second kappa shape index (κ2) is 7.57. The summed E-state index contributed by atoms with van der Waals surface area (Å²) in [7, 11) is 0. The van der Waals surface area contributed by atoms with Crippen LogP contribution in [0.4, 0.5) is 0 Å². The molecule has 0 saturated carbocycles. The zero-order chi connectivity index (χ0) is 15.2. The van der Waals surface area contributed by atoms with Gasteiger partial charge in [0.25, 0.3) is 0 Å². The van der Waals surface area contributed by atoms with Gasteiger partial charge in [-0.05, 0) is 50.9 Å². The second-order valence-electron chi connectivity index (χ2n) is 5.97. The number of likely N-dealkylation sites (N-methyl/N-ethyl adjacent to an activating group) is 1. The third kappa shape index (κ3) is 4.55. The number of aryl methyl sites for hydroxylation is 1. The summed E-state index contributed by atoms with van der Waals surface area (Å²) in [6.45, 7) is 7.69. The van der Waals surface area contributed by atoms with Crippen molar-refractivity contribution in [1.82, 2.24) is 10.2 Å². The summed E-state index contributed by atoms with van der Waals surface area (Å²) in [4.78, 5) is 13.7. The Labute approximate surface area is 127 Å². The number of likely N-dealkylation sites (tertiary alicyclic amines) is 1. The topological polar surface area (TPSA) is 52.6 Å². The van der Waals surface area contributed by atoms with Crippen molar-refractivity contribution in [1.29, 1.82) is 0 Å². The van der Waals surface area contributed by atoms with Crippen LogP contribution in [-0.4, -0.2) is 41.7 Å². The maximum Gasteiger partial charge on any atom is 0.320 e. The first kappa shape index (κ1) is 16.0. The predicted molar refractivity (Wildman–Crippen MR) is 84.3 cm³/mol. The Bertz CT molecular complexity index is 450. The monoisotopic (exact) mass is 290 g/mol. The molecule has 1 aliphatic rings. The highest BCUT2D eigenvalue weighted by Crippen LogP contribution is 2.22. The number of carboxylic acid groups (broad SMARTS) is 1. The molecule has 21 heavy (non-hydrogen) atoms. The van der Waals surface area contributed by atoms with Crippen LogP contribution in [0.1, 0.15) is 30.9 Å². The summed E-state index contributed by atoms with van der Waals surface area (Å²) >= 11 is 0. The van der Waals surface area contributed by atoms with Crippen LogP contribution in [0.25, 0.3) is 0 Å². The zero-order valence-corrected chi connectivity index (χ0v) is 13.0. The van der Waals surface area contributed by atoms with Gasteiger partial charge < -0.3 is 10.4 Å². The van der Waals surface area contributed by atoms with Crippen LogP contribution in [0, 0.1) is 12.8 Å². The van der Waals surface area contributed by atoms with Gasteiger partial charge in [0.15, 0.2) is 0 Å². The molecule has 4 heteroatoms. The molecule has 2 N–H and O–H groups in total. The van der Waals surface area contributed by atoms with E-state index >= 15 is 0 Å². The molecule has 4 nitrogen and oxygen atoms in total. The number of piperidine rings is 1. The van der Waals surface area contributed by atoms with Crippen molar-refractivity contribution in [2.24, 2.45) is 5.92 Å². The third-order valence-corrected chi connectivity index (χ3v) is 4.32. The van der Waals surface area contributed by atoms with E-state index in [0.29, 0.717) is 6.54 Å². The van der Waals surface area contributed by atoms with E-state index in [1.807, 2.05) is 6.92 Å². The van der Waals surface area contributed by atoms with Gasteiger partial charge in [-0.2, -0.15) is 0 Å². The van der Waals surface area contributed by atoms with Crippen molar-refractivity contribution in [3.63, 3.8) is 0 Å². The molecule has 2 rings (SSSR count). The lowest BCUT2D eigenvalue weighted by Crippen LogP contribution is -2.47.